The van der Waals surface area contributed by atoms with E-state index in [1.807, 2.05) is 31.2 Å². The summed E-state index contributed by atoms with van der Waals surface area (Å²) in [6.07, 6.45) is -0.306. The zero-order chi connectivity index (χ0) is 19.0. The van der Waals surface area contributed by atoms with Gasteiger partial charge in [-0.2, -0.15) is 0 Å². The van der Waals surface area contributed by atoms with E-state index in [1.165, 1.54) is 0 Å². The van der Waals surface area contributed by atoms with Crippen molar-refractivity contribution in [3.63, 3.8) is 0 Å². The Kier molecular flexibility index (Phi) is 8.38. The molecule has 0 aromatic heterocycles. The summed E-state index contributed by atoms with van der Waals surface area (Å²) in [5, 5.41) is 2.77. The first-order chi connectivity index (χ1) is 11.6. The first kappa shape index (κ1) is 21.4. The Labute approximate surface area is 157 Å². The molecule has 0 radical (unpaired) electrons. The number of amides is 2. The SMILES string of the molecule is C[C@@H](OCc1ccc(Br)cc1)[C@H](CCC(N)=O)NC(=O)OC(C)(C)C. The van der Waals surface area contributed by atoms with Crippen LogP contribution in [0.15, 0.2) is 28.7 Å². The fraction of sp³-hybridized carbons (Fsp3) is 0.556. The van der Waals surface area contributed by atoms with E-state index in [2.05, 4.69) is 21.2 Å². The molecule has 6 nitrogen and oxygen atoms in total. The first-order valence-corrected chi connectivity index (χ1v) is 9.00. The quantitative estimate of drug-likeness (QED) is 0.680. The van der Waals surface area contributed by atoms with Gasteiger partial charge in [0.15, 0.2) is 0 Å². The third-order valence-corrected chi connectivity index (χ3v) is 3.93. The minimum atomic E-state index is -0.597. The lowest BCUT2D eigenvalue weighted by molar-refractivity contribution is -0.118. The van der Waals surface area contributed by atoms with Crippen molar-refractivity contribution < 1.29 is 19.1 Å². The van der Waals surface area contributed by atoms with Crippen LogP contribution in [0, 0.1) is 0 Å². The fourth-order valence-corrected chi connectivity index (χ4v) is 2.37. The van der Waals surface area contributed by atoms with E-state index in [0.717, 1.165) is 10.0 Å². The zero-order valence-electron chi connectivity index (χ0n) is 15.2. The van der Waals surface area contributed by atoms with Gasteiger partial charge in [0.1, 0.15) is 5.60 Å². The lowest BCUT2D eigenvalue weighted by Crippen LogP contribution is -2.45. The van der Waals surface area contributed by atoms with Crippen molar-refractivity contribution in [2.45, 2.75) is 64.9 Å². The highest BCUT2D eigenvalue weighted by Crippen LogP contribution is 2.14. The summed E-state index contributed by atoms with van der Waals surface area (Å²) in [7, 11) is 0. The van der Waals surface area contributed by atoms with Gasteiger partial charge in [0.2, 0.25) is 5.91 Å². The fourth-order valence-electron chi connectivity index (χ4n) is 2.11. The predicted octanol–water partition coefficient (Wildman–Crippen LogP) is 3.51. The summed E-state index contributed by atoms with van der Waals surface area (Å²) in [5.74, 6) is -0.420. The minimum absolute atomic E-state index is 0.159. The predicted molar refractivity (Wildman–Crippen MR) is 100.0 cm³/mol. The van der Waals surface area contributed by atoms with Crippen LogP contribution >= 0.6 is 15.9 Å². The number of hydrogen-bond acceptors (Lipinski definition) is 4. The van der Waals surface area contributed by atoms with Crippen LogP contribution in [-0.4, -0.2) is 29.7 Å². The highest BCUT2D eigenvalue weighted by atomic mass is 79.9. The van der Waals surface area contributed by atoms with Crippen LogP contribution in [0.4, 0.5) is 4.79 Å². The van der Waals surface area contributed by atoms with Gasteiger partial charge in [0.05, 0.1) is 18.8 Å². The molecule has 7 heteroatoms. The van der Waals surface area contributed by atoms with E-state index in [-0.39, 0.29) is 18.6 Å². The van der Waals surface area contributed by atoms with Crippen molar-refractivity contribution in [2.75, 3.05) is 0 Å². The molecule has 0 aliphatic rings. The second-order valence-electron chi connectivity index (χ2n) is 6.90. The summed E-state index contributed by atoms with van der Waals surface area (Å²) in [4.78, 5) is 23.1. The maximum absolute atomic E-state index is 12.0. The Balaban J connectivity index is 2.64. The summed E-state index contributed by atoms with van der Waals surface area (Å²) in [5.41, 5.74) is 5.64. The average Bonchev–Trinajstić information content (AvgIpc) is 2.48. The van der Waals surface area contributed by atoms with Gasteiger partial charge < -0.3 is 20.5 Å². The number of primary amides is 1. The molecule has 0 saturated carbocycles. The van der Waals surface area contributed by atoms with Crippen molar-refractivity contribution in [1.82, 2.24) is 5.32 Å². The third kappa shape index (κ3) is 9.45. The maximum Gasteiger partial charge on any atom is 0.407 e. The molecular weight excluding hydrogens is 388 g/mol. The molecule has 2 amide bonds. The number of hydrogen-bond donors (Lipinski definition) is 2. The van der Waals surface area contributed by atoms with Gasteiger partial charge in [0.25, 0.3) is 0 Å². The number of nitrogens with two attached hydrogens (primary N) is 1. The molecule has 0 aliphatic heterocycles. The van der Waals surface area contributed by atoms with Crippen LogP contribution in [0.2, 0.25) is 0 Å². The largest absolute Gasteiger partial charge is 0.444 e. The van der Waals surface area contributed by atoms with Crippen LogP contribution < -0.4 is 11.1 Å². The van der Waals surface area contributed by atoms with Crippen LogP contribution in [0.5, 0.6) is 0 Å². The van der Waals surface area contributed by atoms with E-state index in [9.17, 15) is 9.59 Å². The number of rotatable bonds is 8. The zero-order valence-corrected chi connectivity index (χ0v) is 16.8. The van der Waals surface area contributed by atoms with E-state index in [0.29, 0.717) is 13.0 Å². The number of nitrogens with one attached hydrogen (secondary N) is 1. The molecule has 2 atom stereocenters. The van der Waals surface area contributed by atoms with Crippen molar-refractivity contribution in [1.29, 1.82) is 0 Å². The van der Waals surface area contributed by atoms with Gasteiger partial charge in [0, 0.05) is 10.9 Å². The van der Waals surface area contributed by atoms with Crippen LogP contribution in [0.25, 0.3) is 0 Å². The highest BCUT2D eigenvalue weighted by Gasteiger charge is 2.24. The molecule has 25 heavy (non-hydrogen) atoms. The second kappa shape index (κ2) is 9.77. The molecule has 0 heterocycles. The number of benzene rings is 1. The Morgan fingerprint density at radius 1 is 1.24 bits per heavy atom. The molecule has 0 unspecified atom stereocenters. The number of alkyl carbamates (subject to hydrolysis) is 1. The van der Waals surface area contributed by atoms with Gasteiger partial charge in [-0.25, -0.2) is 4.79 Å². The number of carbonyl (C=O) groups excluding carboxylic acids is 2. The summed E-state index contributed by atoms with van der Waals surface area (Å²) in [6.45, 7) is 7.62. The Morgan fingerprint density at radius 3 is 2.36 bits per heavy atom. The topological polar surface area (TPSA) is 90.6 Å². The summed E-state index contributed by atoms with van der Waals surface area (Å²) in [6, 6.07) is 7.41. The van der Waals surface area contributed by atoms with E-state index in [1.54, 1.807) is 20.8 Å². The lowest BCUT2D eigenvalue weighted by Gasteiger charge is -2.27. The standard InChI is InChI=1S/C18H27BrN2O4/c1-12(24-11-13-5-7-14(19)8-6-13)15(9-10-16(20)22)21-17(23)25-18(2,3)4/h5-8,12,15H,9-11H2,1-4H3,(H2,20,22)(H,21,23)/t12-,15+/m1/s1. The van der Waals surface area contributed by atoms with Crippen molar-refractivity contribution >= 4 is 27.9 Å². The average molecular weight is 415 g/mol. The normalized spacial score (nSPS) is 13.8. The van der Waals surface area contributed by atoms with E-state index in [4.69, 9.17) is 15.2 Å². The molecule has 0 bridgehead atoms. The van der Waals surface area contributed by atoms with E-state index < -0.39 is 17.6 Å². The number of ether oxygens (including phenoxy) is 2. The summed E-state index contributed by atoms with van der Waals surface area (Å²) >= 11 is 3.39. The third-order valence-electron chi connectivity index (χ3n) is 3.40. The molecule has 0 fully saturated rings. The molecular formula is C18H27BrN2O4. The van der Waals surface area contributed by atoms with Crippen LogP contribution in [-0.2, 0) is 20.9 Å². The second-order valence-corrected chi connectivity index (χ2v) is 7.82. The number of carbonyl (C=O) groups is 2. The van der Waals surface area contributed by atoms with Crippen molar-refractivity contribution in [2.24, 2.45) is 5.73 Å². The van der Waals surface area contributed by atoms with Crippen molar-refractivity contribution in [3.05, 3.63) is 34.3 Å². The smallest absolute Gasteiger partial charge is 0.407 e. The monoisotopic (exact) mass is 414 g/mol. The van der Waals surface area contributed by atoms with E-state index >= 15 is 0 Å². The Bertz CT molecular complexity index is 569. The van der Waals surface area contributed by atoms with Crippen LogP contribution in [0.1, 0.15) is 46.1 Å². The van der Waals surface area contributed by atoms with Gasteiger partial charge in [-0.05, 0) is 51.8 Å². The molecule has 1 aromatic carbocycles. The highest BCUT2D eigenvalue weighted by molar-refractivity contribution is 9.10. The lowest BCUT2D eigenvalue weighted by atomic mass is 10.1. The summed E-state index contributed by atoms with van der Waals surface area (Å²) < 4.78 is 12.1. The molecule has 140 valence electrons. The van der Waals surface area contributed by atoms with Crippen LogP contribution in [0.3, 0.4) is 0 Å². The Morgan fingerprint density at radius 2 is 1.84 bits per heavy atom. The van der Waals surface area contributed by atoms with Crippen molar-refractivity contribution in [3.8, 4) is 0 Å². The molecule has 0 spiro atoms. The molecule has 0 saturated heterocycles. The molecule has 1 rings (SSSR count). The molecule has 1 aromatic rings. The van der Waals surface area contributed by atoms with Gasteiger partial charge >= 0.3 is 6.09 Å². The number of halogens is 1. The van der Waals surface area contributed by atoms with Gasteiger partial charge in [-0.1, -0.05) is 28.1 Å². The molecule has 3 N–H and O–H groups in total. The first-order valence-electron chi connectivity index (χ1n) is 8.20. The van der Waals surface area contributed by atoms with Gasteiger partial charge in [-0.3, -0.25) is 4.79 Å². The maximum atomic E-state index is 12.0. The van der Waals surface area contributed by atoms with Gasteiger partial charge in [-0.15, -0.1) is 0 Å². The molecule has 0 aliphatic carbocycles. The minimum Gasteiger partial charge on any atom is -0.444 e. The Hall–Kier alpha value is -1.60.